The lowest BCUT2D eigenvalue weighted by molar-refractivity contribution is 0.00979. The zero-order chi connectivity index (χ0) is 16.4. The van der Waals surface area contributed by atoms with E-state index in [0.717, 1.165) is 16.5 Å². The molecule has 126 valence electrons. The predicted molar refractivity (Wildman–Crippen MR) is 90.6 cm³/mol. The lowest BCUT2D eigenvalue weighted by atomic mass is 10.1. The van der Waals surface area contributed by atoms with Crippen LogP contribution in [-0.4, -0.2) is 50.1 Å². The lowest BCUT2D eigenvalue weighted by Crippen LogP contribution is -2.49. The third-order valence-electron chi connectivity index (χ3n) is 4.23. The van der Waals surface area contributed by atoms with Gasteiger partial charge < -0.3 is 9.72 Å². The minimum absolute atomic E-state index is 0.0584. The van der Waals surface area contributed by atoms with Crippen LogP contribution in [0.15, 0.2) is 24.4 Å². The Morgan fingerprint density at radius 1 is 1.43 bits per heavy atom. The second-order valence-electron chi connectivity index (χ2n) is 6.00. The maximum absolute atomic E-state index is 12.3. The van der Waals surface area contributed by atoms with Gasteiger partial charge >= 0.3 is 0 Å². The summed E-state index contributed by atoms with van der Waals surface area (Å²) in [6, 6.07) is 6.14. The Morgan fingerprint density at radius 3 is 3.04 bits per heavy atom. The van der Waals surface area contributed by atoms with Crippen molar-refractivity contribution in [1.29, 1.82) is 0 Å². The monoisotopic (exact) mass is 337 g/mol. The molecule has 7 heteroatoms. The average molecular weight is 337 g/mol. The molecule has 1 aliphatic heterocycles. The van der Waals surface area contributed by atoms with Gasteiger partial charge in [0.05, 0.1) is 12.7 Å². The van der Waals surface area contributed by atoms with Gasteiger partial charge in [-0.25, -0.2) is 4.72 Å². The van der Waals surface area contributed by atoms with Crippen LogP contribution < -0.4 is 4.72 Å². The lowest BCUT2D eigenvalue weighted by Gasteiger charge is -2.30. The SMILES string of the molecule is Cc1cccc2c(CCNS(=O)(=O)N3CCO[C@H](C)C3)c[nH]c12. The molecule has 0 amide bonds. The molecule has 1 fully saturated rings. The van der Waals surface area contributed by atoms with Crippen molar-refractivity contribution in [2.45, 2.75) is 26.4 Å². The highest BCUT2D eigenvalue weighted by atomic mass is 32.2. The van der Waals surface area contributed by atoms with E-state index in [1.54, 1.807) is 0 Å². The molecule has 1 aromatic carbocycles. The molecule has 0 unspecified atom stereocenters. The third kappa shape index (κ3) is 3.58. The summed E-state index contributed by atoms with van der Waals surface area (Å²) < 4.78 is 34.2. The van der Waals surface area contributed by atoms with Crippen LogP contribution in [0.25, 0.3) is 10.9 Å². The fourth-order valence-corrected chi connectivity index (χ4v) is 4.25. The molecule has 1 atom stereocenters. The number of H-pyrrole nitrogens is 1. The molecule has 0 aliphatic carbocycles. The molecule has 23 heavy (non-hydrogen) atoms. The van der Waals surface area contributed by atoms with Crippen molar-refractivity contribution in [2.24, 2.45) is 0 Å². The highest BCUT2D eigenvalue weighted by Crippen LogP contribution is 2.21. The number of aromatic amines is 1. The molecule has 2 N–H and O–H groups in total. The van der Waals surface area contributed by atoms with Crippen LogP contribution in [0.2, 0.25) is 0 Å². The van der Waals surface area contributed by atoms with Crippen molar-refractivity contribution >= 4 is 21.1 Å². The summed E-state index contributed by atoms with van der Waals surface area (Å²) in [6.45, 7) is 5.59. The van der Waals surface area contributed by atoms with Gasteiger partial charge in [0.1, 0.15) is 0 Å². The van der Waals surface area contributed by atoms with E-state index in [1.807, 2.05) is 19.2 Å². The Hall–Kier alpha value is -1.41. The van der Waals surface area contributed by atoms with Gasteiger partial charge in [-0.1, -0.05) is 18.2 Å². The Morgan fingerprint density at radius 2 is 2.26 bits per heavy atom. The number of hydrogen-bond acceptors (Lipinski definition) is 3. The largest absolute Gasteiger partial charge is 0.376 e. The molecule has 0 saturated carbocycles. The van der Waals surface area contributed by atoms with Crippen molar-refractivity contribution in [3.8, 4) is 0 Å². The van der Waals surface area contributed by atoms with Gasteiger partial charge in [-0.15, -0.1) is 0 Å². The number of fused-ring (bicyclic) bond motifs is 1. The minimum Gasteiger partial charge on any atom is -0.376 e. The summed E-state index contributed by atoms with van der Waals surface area (Å²) in [4.78, 5) is 3.27. The summed E-state index contributed by atoms with van der Waals surface area (Å²) in [6.07, 6.45) is 2.56. The van der Waals surface area contributed by atoms with Crippen LogP contribution in [0.3, 0.4) is 0 Å². The first-order chi connectivity index (χ1) is 11.0. The fourth-order valence-electron chi connectivity index (χ4n) is 2.98. The Balaban J connectivity index is 1.63. The van der Waals surface area contributed by atoms with E-state index < -0.39 is 10.2 Å². The average Bonchev–Trinajstić information content (AvgIpc) is 2.92. The van der Waals surface area contributed by atoms with Gasteiger partial charge in [-0.05, 0) is 31.4 Å². The molecule has 1 aliphatic rings. The highest BCUT2D eigenvalue weighted by molar-refractivity contribution is 7.87. The maximum atomic E-state index is 12.3. The van der Waals surface area contributed by atoms with E-state index in [4.69, 9.17) is 4.74 Å². The van der Waals surface area contributed by atoms with Crippen LogP contribution in [0.5, 0.6) is 0 Å². The van der Waals surface area contributed by atoms with E-state index in [2.05, 4.69) is 28.8 Å². The maximum Gasteiger partial charge on any atom is 0.279 e. The molecule has 6 nitrogen and oxygen atoms in total. The summed E-state index contributed by atoms with van der Waals surface area (Å²) in [5.74, 6) is 0. The van der Waals surface area contributed by atoms with Crippen LogP contribution in [0.4, 0.5) is 0 Å². The van der Waals surface area contributed by atoms with Gasteiger partial charge in [-0.2, -0.15) is 12.7 Å². The van der Waals surface area contributed by atoms with Crippen LogP contribution in [-0.2, 0) is 21.4 Å². The number of para-hydroxylation sites is 1. The minimum atomic E-state index is -3.44. The molecule has 0 spiro atoms. The molecule has 2 aromatic rings. The number of nitrogens with one attached hydrogen (secondary N) is 2. The zero-order valence-electron chi connectivity index (χ0n) is 13.5. The molecule has 2 heterocycles. The molecule has 0 radical (unpaired) electrons. The van der Waals surface area contributed by atoms with Gasteiger partial charge in [0.2, 0.25) is 0 Å². The molecule has 3 rings (SSSR count). The van der Waals surface area contributed by atoms with Gasteiger partial charge in [0.25, 0.3) is 10.2 Å². The number of hydrogen-bond donors (Lipinski definition) is 2. The third-order valence-corrected chi connectivity index (χ3v) is 5.81. The number of nitrogens with zero attached hydrogens (tertiary/aromatic N) is 1. The first-order valence-electron chi connectivity index (χ1n) is 7.89. The van der Waals surface area contributed by atoms with Gasteiger partial charge in [-0.3, -0.25) is 0 Å². The summed E-state index contributed by atoms with van der Waals surface area (Å²) >= 11 is 0. The number of ether oxygens (including phenoxy) is 1. The summed E-state index contributed by atoms with van der Waals surface area (Å²) in [5.41, 5.74) is 3.44. The van der Waals surface area contributed by atoms with Crippen molar-refractivity contribution < 1.29 is 13.2 Å². The van der Waals surface area contributed by atoms with Gasteiger partial charge in [0.15, 0.2) is 0 Å². The van der Waals surface area contributed by atoms with Gasteiger partial charge in [0, 0.05) is 36.7 Å². The van der Waals surface area contributed by atoms with Crippen molar-refractivity contribution in [3.63, 3.8) is 0 Å². The second kappa shape index (κ2) is 6.60. The zero-order valence-corrected chi connectivity index (χ0v) is 14.3. The fraction of sp³-hybridized carbons (Fsp3) is 0.500. The molecular weight excluding hydrogens is 314 g/mol. The van der Waals surface area contributed by atoms with E-state index in [9.17, 15) is 8.42 Å². The summed E-state index contributed by atoms with van der Waals surface area (Å²) in [7, 11) is -3.44. The number of aromatic nitrogens is 1. The van der Waals surface area contributed by atoms with Crippen molar-refractivity contribution in [1.82, 2.24) is 14.0 Å². The summed E-state index contributed by atoms with van der Waals surface area (Å²) in [5, 5.41) is 1.16. The van der Waals surface area contributed by atoms with Crippen LogP contribution in [0, 0.1) is 6.92 Å². The quantitative estimate of drug-likeness (QED) is 0.870. The van der Waals surface area contributed by atoms with E-state index >= 15 is 0 Å². The normalized spacial score (nSPS) is 20.2. The predicted octanol–water partition coefficient (Wildman–Crippen LogP) is 1.57. The molecule has 1 saturated heterocycles. The first-order valence-corrected chi connectivity index (χ1v) is 9.33. The Kier molecular flexibility index (Phi) is 4.72. The molecule has 1 aromatic heterocycles. The highest BCUT2D eigenvalue weighted by Gasteiger charge is 2.26. The van der Waals surface area contributed by atoms with Crippen LogP contribution >= 0.6 is 0 Å². The van der Waals surface area contributed by atoms with E-state index in [1.165, 1.54) is 9.87 Å². The topological polar surface area (TPSA) is 74.4 Å². The van der Waals surface area contributed by atoms with Crippen molar-refractivity contribution in [3.05, 3.63) is 35.5 Å². The number of morpholine rings is 1. The van der Waals surface area contributed by atoms with E-state index in [-0.39, 0.29) is 6.10 Å². The standard InChI is InChI=1S/C16H23N3O3S/c1-12-4-3-5-15-14(10-17-16(12)15)6-7-18-23(20,21)19-8-9-22-13(2)11-19/h3-5,10,13,17-18H,6-9,11H2,1-2H3/t13-/m1/s1. The van der Waals surface area contributed by atoms with Crippen LogP contribution in [0.1, 0.15) is 18.1 Å². The number of aryl methyl sites for hydroxylation is 1. The smallest absolute Gasteiger partial charge is 0.279 e. The molecular formula is C16H23N3O3S. The van der Waals surface area contributed by atoms with Crippen molar-refractivity contribution in [2.75, 3.05) is 26.2 Å². The first kappa shape index (κ1) is 16.4. The second-order valence-corrected chi connectivity index (χ2v) is 7.76. The Bertz CT molecular complexity index is 785. The Labute approximate surface area is 137 Å². The number of rotatable bonds is 5. The van der Waals surface area contributed by atoms with E-state index in [0.29, 0.717) is 32.7 Å². The number of benzene rings is 1. The molecule has 0 bridgehead atoms.